The molecule has 0 aliphatic carbocycles. The second kappa shape index (κ2) is 5.47. The third-order valence-corrected chi connectivity index (χ3v) is 4.06. The highest BCUT2D eigenvalue weighted by atomic mass is 35.5. The molecule has 2 N–H and O–H groups in total. The standard InChI is InChI=1S/C14H22ClN3/c1-10(16)13-5-4-11(8-14(13)15)18-7-6-12(9-18)17(2)3/h4-5,8,10,12H,6-7,9,16H2,1-3H3. The highest BCUT2D eigenvalue weighted by molar-refractivity contribution is 6.31. The van der Waals surface area contributed by atoms with Gasteiger partial charge < -0.3 is 15.5 Å². The van der Waals surface area contributed by atoms with E-state index >= 15 is 0 Å². The Morgan fingerprint density at radius 2 is 2.17 bits per heavy atom. The molecule has 0 bridgehead atoms. The number of anilines is 1. The van der Waals surface area contributed by atoms with Gasteiger partial charge in [0.25, 0.3) is 0 Å². The van der Waals surface area contributed by atoms with Crippen LogP contribution in [0.25, 0.3) is 0 Å². The van der Waals surface area contributed by atoms with Crippen molar-refractivity contribution in [2.45, 2.75) is 25.4 Å². The monoisotopic (exact) mass is 267 g/mol. The molecule has 1 aromatic rings. The van der Waals surface area contributed by atoms with Crippen molar-refractivity contribution in [2.75, 3.05) is 32.1 Å². The zero-order valence-corrected chi connectivity index (χ0v) is 12.1. The Morgan fingerprint density at radius 1 is 1.44 bits per heavy atom. The van der Waals surface area contributed by atoms with Crippen molar-refractivity contribution in [3.8, 4) is 0 Å². The summed E-state index contributed by atoms with van der Waals surface area (Å²) in [6.45, 7) is 4.12. The van der Waals surface area contributed by atoms with E-state index in [9.17, 15) is 0 Å². The molecule has 1 aliphatic rings. The van der Waals surface area contributed by atoms with Crippen molar-refractivity contribution >= 4 is 17.3 Å². The summed E-state index contributed by atoms with van der Waals surface area (Å²) < 4.78 is 0. The minimum atomic E-state index is -0.0142. The largest absolute Gasteiger partial charge is 0.370 e. The van der Waals surface area contributed by atoms with E-state index < -0.39 is 0 Å². The molecule has 4 heteroatoms. The lowest BCUT2D eigenvalue weighted by Crippen LogP contribution is -2.31. The lowest BCUT2D eigenvalue weighted by molar-refractivity contribution is 0.315. The number of rotatable bonds is 3. The van der Waals surface area contributed by atoms with Crippen molar-refractivity contribution in [3.05, 3.63) is 28.8 Å². The third-order valence-electron chi connectivity index (χ3n) is 3.73. The van der Waals surface area contributed by atoms with E-state index in [2.05, 4.69) is 30.0 Å². The molecule has 1 saturated heterocycles. The molecule has 3 nitrogen and oxygen atoms in total. The predicted octanol–water partition coefficient (Wildman–Crippen LogP) is 2.50. The summed E-state index contributed by atoms with van der Waals surface area (Å²) in [5.41, 5.74) is 8.10. The second-order valence-electron chi connectivity index (χ2n) is 5.35. The van der Waals surface area contributed by atoms with Crippen LogP contribution in [0, 0.1) is 0 Å². The van der Waals surface area contributed by atoms with E-state index in [0.717, 1.165) is 23.7 Å². The van der Waals surface area contributed by atoms with Crippen LogP contribution in [0.5, 0.6) is 0 Å². The van der Waals surface area contributed by atoms with Crippen LogP contribution in [0.15, 0.2) is 18.2 Å². The van der Waals surface area contributed by atoms with Gasteiger partial charge in [-0.25, -0.2) is 0 Å². The molecule has 1 aromatic carbocycles. The fraction of sp³-hybridized carbons (Fsp3) is 0.571. The zero-order chi connectivity index (χ0) is 13.3. The van der Waals surface area contributed by atoms with E-state index in [-0.39, 0.29) is 6.04 Å². The molecule has 2 atom stereocenters. The highest BCUT2D eigenvalue weighted by Gasteiger charge is 2.24. The third kappa shape index (κ3) is 2.79. The summed E-state index contributed by atoms with van der Waals surface area (Å²) in [4.78, 5) is 4.68. The molecule has 1 aliphatic heterocycles. The van der Waals surface area contributed by atoms with Crippen LogP contribution in [0.1, 0.15) is 24.9 Å². The molecule has 0 aromatic heterocycles. The van der Waals surface area contributed by atoms with E-state index in [1.165, 1.54) is 12.1 Å². The van der Waals surface area contributed by atoms with Gasteiger partial charge in [-0.2, -0.15) is 0 Å². The minimum Gasteiger partial charge on any atom is -0.370 e. The topological polar surface area (TPSA) is 32.5 Å². The Morgan fingerprint density at radius 3 is 2.67 bits per heavy atom. The van der Waals surface area contributed by atoms with Crippen LogP contribution in [0.2, 0.25) is 5.02 Å². The highest BCUT2D eigenvalue weighted by Crippen LogP contribution is 2.29. The number of halogens is 1. The number of likely N-dealkylation sites (N-methyl/N-ethyl adjacent to an activating group) is 1. The summed E-state index contributed by atoms with van der Waals surface area (Å²) in [5, 5.41) is 0.774. The fourth-order valence-corrected chi connectivity index (χ4v) is 2.83. The Bertz CT molecular complexity index is 418. The molecule has 18 heavy (non-hydrogen) atoms. The Kier molecular flexibility index (Phi) is 4.15. The predicted molar refractivity (Wildman–Crippen MR) is 78.4 cm³/mol. The van der Waals surface area contributed by atoms with Gasteiger partial charge in [0.2, 0.25) is 0 Å². The van der Waals surface area contributed by atoms with E-state index in [1.807, 2.05) is 19.1 Å². The Labute approximate surface area is 115 Å². The smallest absolute Gasteiger partial charge is 0.0474 e. The summed E-state index contributed by atoms with van der Waals surface area (Å²) in [6.07, 6.45) is 1.21. The average Bonchev–Trinajstić information content (AvgIpc) is 2.77. The van der Waals surface area contributed by atoms with Gasteiger partial charge in [-0.15, -0.1) is 0 Å². The summed E-state index contributed by atoms with van der Waals surface area (Å²) in [5.74, 6) is 0. The van der Waals surface area contributed by atoms with Crippen LogP contribution in [-0.4, -0.2) is 38.1 Å². The van der Waals surface area contributed by atoms with E-state index in [4.69, 9.17) is 17.3 Å². The summed E-state index contributed by atoms with van der Waals surface area (Å²) >= 11 is 6.28. The quantitative estimate of drug-likeness (QED) is 0.913. The van der Waals surface area contributed by atoms with Gasteiger partial charge >= 0.3 is 0 Å². The first-order chi connectivity index (χ1) is 8.49. The van der Waals surface area contributed by atoms with Crippen LogP contribution in [0.4, 0.5) is 5.69 Å². The van der Waals surface area contributed by atoms with Crippen LogP contribution in [0.3, 0.4) is 0 Å². The number of nitrogens with zero attached hydrogens (tertiary/aromatic N) is 2. The molecule has 0 radical (unpaired) electrons. The summed E-state index contributed by atoms with van der Waals surface area (Å²) in [7, 11) is 4.28. The van der Waals surface area contributed by atoms with Crippen molar-refractivity contribution in [1.29, 1.82) is 0 Å². The first-order valence-electron chi connectivity index (χ1n) is 6.45. The molecule has 0 amide bonds. The molecule has 2 unspecified atom stereocenters. The lowest BCUT2D eigenvalue weighted by Gasteiger charge is -2.22. The van der Waals surface area contributed by atoms with Crippen LogP contribution >= 0.6 is 11.6 Å². The Hall–Kier alpha value is -0.770. The molecule has 2 rings (SSSR count). The molecular formula is C14H22ClN3. The van der Waals surface area contributed by atoms with Gasteiger partial charge in [0.1, 0.15) is 0 Å². The van der Waals surface area contributed by atoms with Gasteiger partial charge in [0.15, 0.2) is 0 Å². The average molecular weight is 268 g/mol. The number of hydrogen-bond acceptors (Lipinski definition) is 3. The zero-order valence-electron chi connectivity index (χ0n) is 11.4. The minimum absolute atomic E-state index is 0.0142. The van der Waals surface area contributed by atoms with Gasteiger partial charge in [-0.1, -0.05) is 17.7 Å². The SMILES string of the molecule is CC(N)c1ccc(N2CCC(N(C)C)C2)cc1Cl. The van der Waals surface area contributed by atoms with Crippen molar-refractivity contribution in [3.63, 3.8) is 0 Å². The van der Waals surface area contributed by atoms with Gasteiger partial charge in [-0.05, 0) is 45.1 Å². The van der Waals surface area contributed by atoms with Crippen molar-refractivity contribution in [2.24, 2.45) is 5.73 Å². The first kappa shape index (κ1) is 13.7. The maximum Gasteiger partial charge on any atom is 0.0474 e. The van der Waals surface area contributed by atoms with Crippen LogP contribution < -0.4 is 10.6 Å². The number of benzene rings is 1. The number of nitrogens with two attached hydrogens (primary N) is 1. The first-order valence-corrected chi connectivity index (χ1v) is 6.83. The molecule has 1 heterocycles. The van der Waals surface area contributed by atoms with Crippen molar-refractivity contribution < 1.29 is 0 Å². The lowest BCUT2D eigenvalue weighted by atomic mass is 10.1. The fourth-order valence-electron chi connectivity index (χ4n) is 2.48. The van der Waals surface area contributed by atoms with Gasteiger partial charge in [0, 0.05) is 35.9 Å². The molecule has 100 valence electrons. The van der Waals surface area contributed by atoms with E-state index in [1.54, 1.807) is 0 Å². The maximum atomic E-state index is 6.28. The molecule has 0 spiro atoms. The van der Waals surface area contributed by atoms with Gasteiger partial charge in [0.05, 0.1) is 0 Å². The Balaban J connectivity index is 2.13. The van der Waals surface area contributed by atoms with Gasteiger partial charge in [-0.3, -0.25) is 0 Å². The summed E-state index contributed by atoms with van der Waals surface area (Å²) in [6, 6.07) is 6.84. The maximum absolute atomic E-state index is 6.28. The van der Waals surface area contributed by atoms with Crippen molar-refractivity contribution in [1.82, 2.24) is 4.90 Å². The molecule has 1 fully saturated rings. The molecular weight excluding hydrogens is 246 g/mol. The normalized spacial score (nSPS) is 21.7. The number of hydrogen-bond donors (Lipinski definition) is 1. The van der Waals surface area contributed by atoms with E-state index in [0.29, 0.717) is 6.04 Å². The second-order valence-corrected chi connectivity index (χ2v) is 5.75. The molecule has 0 saturated carbocycles. The van der Waals surface area contributed by atoms with Crippen LogP contribution in [-0.2, 0) is 0 Å².